The third-order valence-electron chi connectivity index (χ3n) is 8.09. The summed E-state index contributed by atoms with van der Waals surface area (Å²) in [6, 6.07) is 3.14. The van der Waals surface area contributed by atoms with E-state index in [9.17, 15) is 48.5 Å². The van der Waals surface area contributed by atoms with Crippen molar-refractivity contribution in [1.29, 1.82) is 0 Å². The molecule has 2 heterocycles. The monoisotopic (exact) mass is 849 g/mol. The van der Waals surface area contributed by atoms with Gasteiger partial charge in [-0.25, -0.2) is 4.79 Å². The zero-order valence-electron chi connectivity index (χ0n) is 31.3. The van der Waals surface area contributed by atoms with Gasteiger partial charge in [-0.1, -0.05) is 78.3 Å². The van der Waals surface area contributed by atoms with Crippen molar-refractivity contribution in [2.45, 2.75) is 77.6 Å². The molecule has 5 atom stereocenters. The van der Waals surface area contributed by atoms with Gasteiger partial charge in [0.05, 0.1) is 6.61 Å². The van der Waals surface area contributed by atoms with Crippen LogP contribution in [0.4, 0.5) is 19.4 Å². The van der Waals surface area contributed by atoms with Gasteiger partial charge in [-0.05, 0) is 57.0 Å². The summed E-state index contributed by atoms with van der Waals surface area (Å²) in [6.07, 6.45) is -5.43. The Bertz CT molecular complexity index is 1670. The van der Waals surface area contributed by atoms with Crippen LogP contribution < -0.4 is 11.2 Å². The van der Waals surface area contributed by atoms with E-state index in [1.165, 1.54) is 52.4 Å². The molecule has 0 radical (unpaired) electrons. The first-order chi connectivity index (χ1) is 24.7. The molecule has 2 aromatic rings. The summed E-state index contributed by atoms with van der Waals surface area (Å²) in [7, 11) is -18.3. The number of halogens is 5. The normalized spacial score (nSPS) is 21.7. The molecule has 1 unspecified atom stereocenters. The molecule has 0 bridgehead atoms. The van der Waals surface area contributed by atoms with E-state index < -0.39 is 79.7 Å². The fraction of sp³-hybridized carbons (Fsp3) is 0.667. The van der Waals surface area contributed by atoms with Gasteiger partial charge in [-0.2, -0.15) is 0 Å². The summed E-state index contributed by atoms with van der Waals surface area (Å²) in [5, 5.41) is 24.2. The number of aliphatic hydroxyl groups is 2. The molecule has 54 heavy (non-hydrogen) atoms. The molecule has 316 valence electrons. The van der Waals surface area contributed by atoms with E-state index in [1.807, 2.05) is 0 Å². The summed E-state index contributed by atoms with van der Waals surface area (Å²) in [5.41, 5.74) is -0.947. The second-order valence-corrected chi connectivity index (χ2v) is 18.3. The molecule has 0 spiro atoms. The number of aromatic nitrogens is 2. The van der Waals surface area contributed by atoms with Crippen molar-refractivity contribution < 1.29 is 67.6 Å². The van der Waals surface area contributed by atoms with Gasteiger partial charge in [0.25, 0.3) is 0 Å². The minimum absolute atomic E-state index is 0.0586. The van der Waals surface area contributed by atoms with Crippen LogP contribution in [0.3, 0.4) is 0 Å². The number of aliphatic hydroxyl groups excluding tert-OH is 2. The molecule has 1 aliphatic heterocycles. The lowest BCUT2D eigenvalue weighted by Gasteiger charge is -2.40. The molecule has 0 saturated carbocycles. The maximum absolute atomic E-state index is 12.8. The lowest BCUT2D eigenvalue weighted by molar-refractivity contribution is -0.0530. The molecule has 1 saturated heterocycles. The summed E-state index contributed by atoms with van der Waals surface area (Å²) in [4.78, 5) is 47.7. The van der Waals surface area contributed by atoms with Crippen LogP contribution in [0.15, 0.2) is 51.4 Å². The average Bonchev–Trinajstić information content (AvgIpc) is 3.35. The molecule has 3 rings (SSSR count). The fourth-order valence-corrected chi connectivity index (χ4v) is 8.02. The van der Waals surface area contributed by atoms with Crippen LogP contribution in [-0.4, -0.2) is 114 Å². The van der Waals surface area contributed by atoms with Crippen molar-refractivity contribution in [2.75, 3.05) is 51.8 Å². The second-order valence-electron chi connectivity index (χ2n) is 11.9. The number of hydrogen-bond acceptors (Lipinski definition) is 11. The number of ether oxygens (including phenoxy) is 1. The van der Waals surface area contributed by atoms with Gasteiger partial charge < -0.3 is 48.8 Å². The predicted octanol–water partition coefficient (Wildman–Crippen LogP) is 4.53. The molecule has 1 aromatic heterocycles. The summed E-state index contributed by atoms with van der Waals surface area (Å²) in [5.74, 6) is -1.49. The van der Waals surface area contributed by atoms with E-state index in [0.29, 0.717) is 0 Å². The SMILES string of the molecule is CCN(CC)CC.CCN(CC)CC.Cn1c(=O)n([C@@H]2O[C@H](COP(=O)(O)CP(=O)(O)O)[C@@H](O)[C@H]2O)cc/c1=N/OCc1ccc(S(F)(F)(F)(F)F)cc1. The first kappa shape index (κ1) is 49.8. The minimum atomic E-state index is -9.82. The molecule has 5 N–H and O–H groups in total. The van der Waals surface area contributed by atoms with Crippen LogP contribution in [-0.2, 0) is 36.9 Å². The summed E-state index contributed by atoms with van der Waals surface area (Å²) < 4.78 is 98.5. The molecule has 24 heteroatoms. The van der Waals surface area contributed by atoms with Gasteiger partial charge in [0.2, 0.25) is 0 Å². The van der Waals surface area contributed by atoms with Gasteiger partial charge in [0.15, 0.2) is 17.6 Å². The molecule has 1 aromatic carbocycles. The van der Waals surface area contributed by atoms with Crippen molar-refractivity contribution in [3.63, 3.8) is 0 Å². The molecule has 0 aliphatic carbocycles. The van der Waals surface area contributed by atoms with E-state index in [-0.39, 0.29) is 23.2 Å². The first-order valence-electron chi connectivity index (χ1n) is 16.9. The smallest absolute Gasteiger partial charge is 0.340 e. The van der Waals surface area contributed by atoms with Crippen LogP contribution in [0.5, 0.6) is 0 Å². The zero-order valence-corrected chi connectivity index (χ0v) is 33.9. The Morgan fingerprint density at radius 2 is 1.31 bits per heavy atom. The largest absolute Gasteiger partial charge is 0.389 e. The van der Waals surface area contributed by atoms with Gasteiger partial charge in [0, 0.05) is 19.3 Å². The summed E-state index contributed by atoms with van der Waals surface area (Å²) in [6.45, 7) is 18.9. The first-order valence-corrected chi connectivity index (χ1v) is 22.4. The van der Waals surface area contributed by atoms with Gasteiger partial charge in [0.1, 0.15) is 29.8 Å². The Kier molecular flexibility index (Phi) is 18.3. The van der Waals surface area contributed by atoms with Gasteiger partial charge in [-0.15, -0.1) is 0 Å². The molecule has 1 aliphatic rings. The lowest BCUT2D eigenvalue weighted by Crippen LogP contribution is -2.42. The Morgan fingerprint density at radius 3 is 1.72 bits per heavy atom. The van der Waals surface area contributed by atoms with E-state index in [2.05, 4.69) is 61.0 Å². The van der Waals surface area contributed by atoms with E-state index >= 15 is 0 Å². The predicted molar refractivity (Wildman–Crippen MR) is 193 cm³/mol. The maximum Gasteiger partial charge on any atom is 0.340 e. The van der Waals surface area contributed by atoms with Crippen LogP contribution in [0.25, 0.3) is 0 Å². The van der Waals surface area contributed by atoms with Gasteiger partial charge in [-0.3, -0.25) is 18.3 Å². The van der Waals surface area contributed by atoms with E-state index in [0.717, 1.165) is 27.5 Å². The standard InChI is InChI=1S/C18H24F5N3O11P2S.2C6H15N/c1-25-14(24-35-8-11-2-4-12(5-3-11)40(19,20,21,22)23)6-7-26(18(25)29)17-16(28)15(27)13(37-17)9-36-39(33,34)10-38(30,31)32;2*1-4-7(5-2)6-3/h2-7,13,15-17,27-28H,8-10H2,1H3,(H,33,34)(H2,30,31,32);2*4-6H2,1-3H3/b24-14-;;/t13-,15-,16-,17-;;/m1../s1. The highest BCUT2D eigenvalue weighted by Gasteiger charge is 2.65. The highest BCUT2D eigenvalue weighted by molar-refractivity contribution is 8.45. The van der Waals surface area contributed by atoms with Crippen molar-refractivity contribution >= 4 is 25.4 Å². The summed E-state index contributed by atoms with van der Waals surface area (Å²) >= 11 is 0. The van der Waals surface area contributed by atoms with Crippen LogP contribution in [0.1, 0.15) is 53.3 Å². The molecule has 16 nitrogen and oxygen atoms in total. The van der Waals surface area contributed by atoms with Gasteiger partial charge >= 0.3 is 31.1 Å². The van der Waals surface area contributed by atoms with E-state index in [4.69, 9.17) is 19.4 Å². The molecule has 1 fully saturated rings. The number of benzene rings is 1. The van der Waals surface area contributed by atoms with Crippen molar-refractivity contribution in [2.24, 2.45) is 12.2 Å². The fourth-order valence-electron chi connectivity index (χ4n) is 4.80. The third-order valence-corrected chi connectivity index (χ3v) is 12.7. The van der Waals surface area contributed by atoms with Crippen molar-refractivity contribution in [3.8, 4) is 0 Å². The molecule has 0 amide bonds. The Morgan fingerprint density at radius 1 is 0.833 bits per heavy atom. The van der Waals surface area contributed by atoms with Crippen LogP contribution in [0.2, 0.25) is 0 Å². The second kappa shape index (κ2) is 19.8. The number of hydrogen-bond donors (Lipinski definition) is 5. The Hall–Kier alpha value is -2.20. The third kappa shape index (κ3) is 16.5. The lowest BCUT2D eigenvalue weighted by atomic mass is 10.1. The highest BCUT2D eigenvalue weighted by Crippen LogP contribution is 3.02. The van der Waals surface area contributed by atoms with Crippen molar-refractivity contribution in [3.05, 3.63) is 58.1 Å². The maximum atomic E-state index is 12.8. The van der Waals surface area contributed by atoms with Crippen molar-refractivity contribution in [1.82, 2.24) is 18.9 Å². The Labute approximate surface area is 311 Å². The number of nitrogens with zero attached hydrogens (tertiary/aromatic N) is 5. The molecular formula is C30H54F5N5O11P2S. The van der Waals surface area contributed by atoms with E-state index in [1.54, 1.807) is 0 Å². The minimum Gasteiger partial charge on any atom is -0.389 e. The Balaban J connectivity index is 0.000000879. The topological polar surface area (TPSA) is 209 Å². The average molecular weight is 850 g/mol. The molecular weight excluding hydrogens is 795 g/mol. The zero-order chi connectivity index (χ0) is 41.8. The number of rotatable bonds is 16. The highest BCUT2D eigenvalue weighted by atomic mass is 32.5. The van der Waals surface area contributed by atoms with Crippen LogP contribution >= 0.6 is 25.4 Å². The quantitative estimate of drug-likeness (QED) is 0.0895. The van der Waals surface area contributed by atoms with Crippen LogP contribution in [0, 0.1) is 0 Å².